The first-order chi connectivity index (χ1) is 9.34. The molecular formula is C13H12N4O2. The van der Waals surface area contributed by atoms with Gasteiger partial charge in [0.25, 0.3) is 5.56 Å². The summed E-state index contributed by atoms with van der Waals surface area (Å²) in [5.74, 6) is 0. The normalized spacial score (nSPS) is 13.6. The average Bonchev–Trinajstić information content (AvgIpc) is 2.96. The average molecular weight is 256 g/mol. The molecule has 0 unspecified atom stereocenters. The van der Waals surface area contributed by atoms with E-state index in [0.717, 1.165) is 5.56 Å². The highest BCUT2D eigenvalue weighted by atomic mass is 16.7. The van der Waals surface area contributed by atoms with E-state index in [2.05, 4.69) is 10.7 Å². The van der Waals surface area contributed by atoms with Crippen LogP contribution in [0.1, 0.15) is 11.1 Å². The van der Waals surface area contributed by atoms with Crippen molar-refractivity contribution in [3.8, 4) is 0 Å². The fourth-order valence-electron chi connectivity index (χ4n) is 1.85. The van der Waals surface area contributed by atoms with Gasteiger partial charge in [-0.3, -0.25) is 4.79 Å². The first-order valence-corrected chi connectivity index (χ1v) is 5.83. The van der Waals surface area contributed by atoms with E-state index in [1.54, 1.807) is 18.5 Å². The maximum Gasteiger partial charge on any atom is 0.291 e. The van der Waals surface area contributed by atoms with Gasteiger partial charge in [0.15, 0.2) is 0 Å². The van der Waals surface area contributed by atoms with E-state index in [9.17, 15) is 4.79 Å². The van der Waals surface area contributed by atoms with Crippen molar-refractivity contribution < 1.29 is 4.84 Å². The maximum absolute atomic E-state index is 12.3. The van der Waals surface area contributed by atoms with Gasteiger partial charge in [-0.25, -0.2) is 0 Å². The number of rotatable bonds is 3. The summed E-state index contributed by atoms with van der Waals surface area (Å²) in [6.07, 6.45) is 5.16. The van der Waals surface area contributed by atoms with Crippen molar-refractivity contribution in [1.29, 1.82) is 0 Å². The molecule has 0 bridgehead atoms. The van der Waals surface area contributed by atoms with Gasteiger partial charge in [-0.1, -0.05) is 30.3 Å². The third-order valence-electron chi connectivity index (χ3n) is 2.77. The Hall–Kier alpha value is -2.60. The lowest BCUT2D eigenvalue weighted by Crippen LogP contribution is -2.46. The molecule has 2 aromatic rings. The van der Waals surface area contributed by atoms with E-state index in [1.807, 2.05) is 30.3 Å². The Kier molecular flexibility index (Phi) is 2.99. The van der Waals surface area contributed by atoms with Crippen molar-refractivity contribution in [2.45, 2.75) is 6.42 Å². The lowest BCUT2D eigenvalue weighted by Gasteiger charge is -2.15. The van der Waals surface area contributed by atoms with Crippen LogP contribution >= 0.6 is 0 Å². The third-order valence-corrected chi connectivity index (χ3v) is 2.77. The molecule has 0 spiro atoms. The number of hydrazine groups is 1. The molecule has 1 aliphatic rings. The van der Waals surface area contributed by atoms with E-state index in [4.69, 9.17) is 4.84 Å². The van der Waals surface area contributed by atoms with Crippen molar-refractivity contribution in [2.75, 3.05) is 5.12 Å². The second-order valence-corrected chi connectivity index (χ2v) is 4.05. The largest absolute Gasteiger partial charge is 0.393 e. The molecule has 3 rings (SSSR count). The van der Waals surface area contributed by atoms with Gasteiger partial charge in [0.05, 0.1) is 12.4 Å². The van der Waals surface area contributed by atoms with Crippen molar-refractivity contribution in [3.05, 3.63) is 76.5 Å². The molecule has 0 radical (unpaired) electrons. The van der Waals surface area contributed by atoms with E-state index in [0.29, 0.717) is 12.0 Å². The van der Waals surface area contributed by atoms with Crippen LogP contribution in [0.2, 0.25) is 0 Å². The summed E-state index contributed by atoms with van der Waals surface area (Å²) < 4.78 is 0. The predicted octanol–water partition coefficient (Wildman–Crippen LogP) is 0.693. The number of nitrogens with one attached hydrogen (secondary N) is 1. The second-order valence-electron chi connectivity index (χ2n) is 4.05. The molecule has 0 fully saturated rings. The monoisotopic (exact) mass is 256 g/mol. The van der Waals surface area contributed by atoms with Crippen molar-refractivity contribution >= 4 is 0 Å². The van der Waals surface area contributed by atoms with Crippen LogP contribution in [0, 0.1) is 0 Å². The number of benzene rings is 1. The molecule has 0 saturated heterocycles. The zero-order chi connectivity index (χ0) is 13.1. The molecule has 0 aliphatic carbocycles. The number of hydrogen-bond donors (Lipinski definition) is 1. The molecule has 0 amide bonds. The van der Waals surface area contributed by atoms with Gasteiger partial charge in [-0.15, -0.1) is 4.79 Å². The highest BCUT2D eigenvalue weighted by molar-refractivity contribution is 5.23. The van der Waals surface area contributed by atoms with E-state index < -0.39 is 0 Å². The Morgan fingerprint density at radius 2 is 2.05 bits per heavy atom. The van der Waals surface area contributed by atoms with Crippen LogP contribution in [0.3, 0.4) is 0 Å². The summed E-state index contributed by atoms with van der Waals surface area (Å²) in [4.78, 5) is 18.3. The van der Waals surface area contributed by atoms with Crippen molar-refractivity contribution in [2.24, 2.45) is 0 Å². The predicted molar refractivity (Wildman–Crippen MR) is 69.3 cm³/mol. The molecule has 6 heteroatoms. The van der Waals surface area contributed by atoms with Gasteiger partial charge in [-0.2, -0.15) is 10.2 Å². The SMILES string of the molecule is O=c1c(Cc2ccccc2)ccnn1N1C=CON1. The molecule has 96 valence electrons. The van der Waals surface area contributed by atoms with Crippen LogP contribution in [0.4, 0.5) is 0 Å². The number of aromatic nitrogens is 2. The summed E-state index contributed by atoms with van der Waals surface area (Å²) in [5.41, 5.74) is 4.09. The zero-order valence-corrected chi connectivity index (χ0v) is 10.1. The summed E-state index contributed by atoms with van der Waals surface area (Å²) in [7, 11) is 0. The van der Waals surface area contributed by atoms with E-state index in [1.165, 1.54) is 16.2 Å². The fraction of sp³-hybridized carbons (Fsp3) is 0.0769. The maximum atomic E-state index is 12.3. The Balaban J connectivity index is 1.92. The Morgan fingerprint density at radius 1 is 1.21 bits per heavy atom. The van der Waals surface area contributed by atoms with Crippen LogP contribution in [0.25, 0.3) is 0 Å². The minimum atomic E-state index is -0.186. The number of hydrogen-bond acceptors (Lipinski definition) is 5. The highest BCUT2D eigenvalue weighted by Crippen LogP contribution is 2.05. The van der Waals surface area contributed by atoms with E-state index in [-0.39, 0.29) is 5.56 Å². The standard InChI is InChI=1S/C13H12N4O2/c18-13-12(10-11-4-2-1-3-5-11)6-7-14-17(13)16-8-9-19-15-16/h1-9,15H,10H2. The minimum absolute atomic E-state index is 0.186. The molecule has 0 atom stereocenters. The van der Waals surface area contributed by atoms with E-state index >= 15 is 0 Å². The van der Waals surface area contributed by atoms with Crippen LogP contribution in [0.15, 0.2) is 59.9 Å². The fourth-order valence-corrected chi connectivity index (χ4v) is 1.85. The topological polar surface area (TPSA) is 59.4 Å². The Morgan fingerprint density at radius 3 is 2.79 bits per heavy atom. The smallest absolute Gasteiger partial charge is 0.291 e. The summed E-state index contributed by atoms with van der Waals surface area (Å²) in [5, 5.41) is 5.37. The molecule has 0 saturated carbocycles. The zero-order valence-electron chi connectivity index (χ0n) is 10.1. The minimum Gasteiger partial charge on any atom is -0.393 e. The first-order valence-electron chi connectivity index (χ1n) is 5.83. The number of nitrogens with zero attached hydrogens (tertiary/aromatic N) is 3. The molecule has 1 aliphatic heterocycles. The second kappa shape index (κ2) is 4.95. The highest BCUT2D eigenvalue weighted by Gasteiger charge is 2.12. The van der Waals surface area contributed by atoms with Gasteiger partial charge in [0, 0.05) is 12.0 Å². The van der Waals surface area contributed by atoms with Gasteiger partial charge in [-0.05, 0) is 17.2 Å². The van der Waals surface area contributed by atoms with Crippen LogP contribution in [0.5, 0.6) is 0 Å². The Labute approximate surface area is 109 Å². The van der Waals surface area contributed by atoms with Crippen LogP contribution in [-0.4, -0.2) is 9.89 Å². The molecule has 6 nitrogen and oxygen atoms in total. The lowest BCUT2D eigenvalue weighted by molar-refractivity contribution is 0.134. The summed E-state index contributed by atoms with van der Waals surface area (Å²) in [6.45, 7) is 0. The first kappa shape index (κ1) is 11.5. The molecule has 19 heavy (non-hydrogen) atoms. The summed E-state index contributed by atoms with van der Waals surface area (Å²) >= 11 is 0. The Bertz CT molecular complexity index is 651. The molecule has 1 aromatic heterocycles. The molecule has 1 aromatic carbocycles. The van der Waals surface area contributed by atoms with Gasteiger partial charge >= 0.3 is 0 Å². The van der Waals surface area contributed by atoms with Crippen LogP contribution < -0.4 is 16.3 Å². The molecule has 2 heterocycles. The van der Waals surface area contributed by atoms with Crippen molar-refractivity contribution in [1.82, 2.24) is 15.5 Å². The lowest BCUT2D eigenvalue weighted by atomic mass is 10.1. The van der Waals surface area contributed by atoms with Gasteiger partial charge in [0.2, 0.25) is 0 Å². The van der Waals surface area contributed by atoms with Gasteiger partial charge in [0.1, 0.15) is 6.26 Å². The molecular weight excluding hydrogens is 244 g/mol. The summed E-state index contributed by atoms with van der Waals surface area (Å²) in [6, 6.07) is 11.6. The van der Waals surface area contributed by atoms with Gasteiger partial charge < -0.3 is 4.84 Å². The quantitative estimate of drug-likeness (QED) is 0.875. The molecule has 1 N–H and O–H groups in total. The third kappa shape index (κ3) is 2.34. The van der Waals surface area contributed by atoms with Crippen LogP contribution in [-0.2, 0) is 11.3 Å². The van der Waals surface area contributed by atoms with Crippen molar-refractivity contribution in [3.63, 3.8) is 0 Å².